The van der Waals surface area contributed by atoms with E-state index in [1.165, 1.54) is 17.3 Å². The summed E-state index contributed by atoms with van der Waals surface area (Å²) in [5, 5.41) is 0.985. The average Bonchev–Trinajstić information content (AvgIpc) is 3.02. The zero-order valence-corrected chi connectivity index (χ0v) is 19.0. The first-order valence-electron chi connectivity index (χ1n) is 11.0. The van der Waals surface area contributed by atoms with Crippen LogP contribution in [0.1, 0.15) is 64.1 Å². The summed E-state index contributed by atoms with van der Waals surface area (Å²) in [6.45, 7) is 10.4. The van der Waals surface area contributed by atoms with Gasteiger partial charge in [0.1, 0.15) is 11.4 Å². The van der Waals surface area contributed by atoms with Gasteiger partial charge < -0.3 is 18.9 Å². The second kappa shape index (κ2) is 9.38. The van der Waals surface area contributed by atoms with E-state index in [0.29, 0.717) is 31.8 Å². The number of amides is 1. The van der Waals surface area contributed by atoms with Crippen molar-refractivity contribution in [1.29, 1.82) is 0 Å². The minimum Gasteiger partial charge on any atom is -0.444 e. The molecule has 0 saturated carbocycles. The topological polar surface area (TPSA) is 43.7 Å². The number of aromatic nitrogens is 1. The number of hydrogen-bond donors (Lipinski definition) is 0. The lowest BCUT2D eigenvalue weighted by Crippen LogP contribution is -2.42. The Morgan fingerprint density at radius 2 is 2.07 bits per heavy atom. The van der Waals surface area contributed by atoms with E-state index in [0.717, 1.165) is 31.1 Å². The number of benzene rings is 1. The van der Waals surface area contributed by atoms with Crippen molar-refractivity contribution in [2.75, 3.05) is 26.8 Å². The third-order valence-corrected chi connectivity index (χ3v) is 5.73. The van der Waals surface area contributed by atoms with Crippen molar-refractivity contribution in [2.24, 2.45) is 0 Å². The molecule has 2 heterocycles. The number of para-hydroxylation sites is 1. The highest BCUT2D eigenvalue weighted by Gasteiger charge is 2.32. The average molecular weight is 419 g/mol. The van der Waals surface area contributed by atoms with Gasteiger partial charge >= 0.3 is 6.09 Å². The van der Waals surface area contributed by atoms with Crippen LogP contribution in [0.15, 0.2) is 18.2 Å². The second-order valence-corrected chi connectivity index (χ2v) is 9.12. The second-order valence-electron chi connectivity index (χ2n) is 9.12. The van der Waals surface area contributed by atoms with Gasteiger partial charge in [0.25, 0.3) is 0 Å². The minimum atomic E-state index is -0.517. The van der Waals surface area contributed by atoms with Crippen molar-refractivity contribution >= 4 is 17.0 Å². The van der Waals surface area contributed by atoms with Crippen molar-refractivity contribution in [1.82, 2.24) is 9.47 Å². The van der Waals surface area contributed by atoms with Gasteiger partial charge in [0, 0.05) is 50.3 Å². The number of aryl methyl sites for hydroxylation is 2. The first-order valence-corrected chi connectivity index (χ1v) is 11.0. The Balaban J connectivity index is 2.00. The lowest BCUT2D eigenvalue weighted by molar-refractivity contribution is 0.0196. The number of carbonyl (C=O) groups excluding carboxylic acids is 1. The maximum atomic E-state index is 14.9. The lowest BCUT2D eigenvalue weighted by Gasteiger charge is -2.35. The number of likely N-dealkylation sites (tertiary alicyclic amines) is 1. The summed E-state index contributed by atoms with van der Waals surface area (Å²) in [7, 11) is 1.69. The fraction of sp³-hybridized carbons (Fsp3) is 0.625. The van der Waals surface area contributed by atoms with E-state index in [9.17, 15) is 9.18 Å². The van der Waals surface area contributed by atoms with Gasteiger partial charge in [0.05, 0.1) is 5.52 Å². The fourth-order valence-corrected chi connectivity index (χ4v) is 4.58. The first-order chi connectivity index (χ1) is 14.3. The van der Waals surface area contributed by atoms with Gasteiger partial charge in [-0.15, -0.1) is 0 Å². The van der Waals surface area contributed by atoms with Crippen molar-refractivity contribution in [3.05, 3.63) is 35.3 Å². The van der Waals surface area contributed by atoms with Crippen LogP contribution in [0.4, 0.5) is 9.18 Å². The minimum absolute atomic E-state index is 0.163. The molecule has 1 fully saturated rings. The molecular formula is C24H35FN2O3. The summed E-state index contributed by atoms with van der Waals surface area (Å²) < 4.78 is 27.9. The lowest BCUT2D eigenvalue weighted by atomic mass is 9.91. The van der Waals surface area contributed by atoms with Gasteiger partial charge in [-0.3, -0.25) is 0 Å². The molecule has 3 rings (SSSR count). The van der Waals surface area contributed by atoms with Crippen LogP contribution in [0.5, 0.6) is 0 Å². The monoisotopic (exact) mass is 418 g/mol. The normalized spacial score (nSPS) is 17.5. The van der Waals surface area contributed by atoms with Gasteiger partial charge in [0.15, 0.2) is 0 Å². The maximum Gasteiger partial charge on any atom is 0.410 e. The molecule has 166 valence electrons. The van der Waals surface area contributed by atoms with Crippen LogP contribution < -0.4 is 0 Å². The molecular weight excluding hydrogens is 383 g/mol. The summed E-state index contributed by atoms with van der Waals surface area (Å²) in [6, 6.07) is 5.34. The quantitative estimate of drug-likeness (QED) is 0.582. The molecule has 1 aliphatic rings. The summed E-state index contributed by atoms with van der Waals surface area (Å²) >= 11 is 0. The summed E-state index contributed by atoms with van der Waals surface area (Å²) in [5.74, 6) is -0.0266. The smallest absolute Gasteiger partial charge is 0.410 e. The third kappa shape index (κ3) is 4.80. The van der Waals surface area contributed by atoms with Crippen molar-refractivity contribution in [3.63, 3.8) is 0 Å². The van der Waals surface area contributed by atoms with Gasteiger partial charge in [-0.1, -0.05) is 19.1 Å². The van der Waals surface area contributed by atoms with Crippen molar-refractivity contribution in [3.8, 4) is 0 Å². The van der Waals surface area contributed by atoms with Gasteiger partial charge in [0.2, 0.25) is 0 Å². The summed E-state index contributed by atoms with van der Waals surface area (Å²) in [5.41, 5.74) is 2.52. The van der Waals surface area contributed by atoms with Crippen LogP contribution in [0, 0.1) is 5.82 Å². The number of halogens is 1. The molecule has 0 bridgehead atoms. The van der Waals surface area contributed by atoms with Crippen molar-refractivity contribution in [2.45, 2.75) is 71.4 Å². The van der Waals surface area contributed by atoms with Gasteiger partial charge in [-0.2, -0.15) is 0 Å². The number of hydrogen-bond acceptors (Lipinski definition) is 3. The Morgan fingerprint density at radius 3 is 2.73 bits per heavy atom. The molecule has 1 saturated heterocycles. The van der Waals surface area contributed by atoms with E-state index in [-0.39, 0.29) is 17.8 Å². The van der Waals surface area contributed by atoms with Crippen LogP contribution in [0.2, 0.25) is 0 Å². The number of fused-ring (bicyclic) bond motifs is 1. The van der Waals surface area contributed by atoms with E-state index in [1.807, 2.05) is 31.7 Å². The fourth-order valence-electron chi connectivity index (χ4n) is 4.58. The van der Waals surface area contributed by atoms with Gasteiger partial charge in [-0.05, 0) is 58.1 Å². The van der Waals surface area contributed by atoms with Crippen LogP contribution >= 0.6 is 0 Å². The highest BCUT2D eigenvalue weighted by Crippen LogP contribution is 2.37. The molecule has 1 aromatic heterocycles. The van der Waals surface area contributed by atoms with E-state index in [1.54, 1.807) is 13.2 Å². The Morgan fingerprint density at radius 1 is 1.30 bits per heavy atom. The van der Waals surface area contributed by atoms with Crippen LogP contribution in [-0.2, 0) is 22.4 Å². The molecule has 30 heavy (non-hydrogen) atoms. The predicted molar refractivity (Wildman–Crippen MR) is 118 cm³/mol. The largest absolute Gasteiger partial charge is 0.444 e. The molecule has 1 aromatic carbocycles. The predicted octanol–water partition coefficient (Wildman–Crippen LogP) is 5.49. The van der Waals surface area contributed by atoms with Crippen LogP contribution in [-0.4, -0.2) is 48.0 Å². The Bertz CT molecular complexity index is 885. The standard InChI is InChI=1S/C24H35FN2O3/c1-6-18-19-11-7-12-20(25)22(19)27(14-9-15-29-5)21(18)17-10-8-13-26(16-17)23(28)30-24(2,3)4/h7,11-12,17H,6,8-10,13-16H2,1-5H3. The zero-order chi connectivity index (χ0) is 21.9. The first kappa shape index (κ1) is 22.6. The zero-order valence-electron chi connectivity index (χ0n) is 19.0. The molecule has 0 N–H and O–H groups in total. The van der Waals surface area contributed by atoms with E-state index < -0.39 is 5.60 Å². The molecule has 2 aromatic rings. The molecule has 0 aliphatic carbocycles. The molecule has 0 radical (unpaired) electrons. The van der Waals surface area contributed by atoms with Gasteiger partial charge in [-0.25, -0.2) is 9.18 Å². The number of nitrogens with zero attached hydrogens (tertiary/aromatic N) is 2. The molecule has 1 amide bonds. The molecule has 1 aliphatic heterocycles. The number of rotatable bonds is 6. The summed E-state index contributed by atoms with van der Waals surface area (Å²) in [6.07, 6.45) is 3.27. The highest BCUT2D eigenvalue weighted by atomic mass is 19.1. The number of methoxy groups -OCH3 is 1. The molecule has 0 spiro atoms. The third-order valence-electron chi connectivity index (χ3n) is 5.73. The number of ether oxygens (including phenoxy) is 2. The SMILES string of the molecule is CCc1c(C2CCCN(C(=O)OC(C)(C)C)C2)n(CCCOC)c2c(F)cccc12. The highest BCUT2D eigenvalue weighted by molar-refractivity contribution is 5.86. The molecule has 5 nitrogen and oxygen atoms in total. The van der Waals surface area contributed by atoms with Crippen molar-refractivity contribution < 1.29 is 18.7 Å². The van der Waals surface area contributed by atoms with E-state index >= 15 is 0 Å². The Kier molecular flexibility index (Phi) is 7.06. The summed E-state index contributed by atoms with van der Waals surface area (Å²) in [4.78, 5) is 14.5. The maximum absolute atomic E-state index is 14.9. The Labute approximate surface area is 179 Å². The number of carbonyl (C=O) groups is 1. The van der Waals surface area contributed by atoms with Crippen LogP contribution in [0.3, 0.4) is 0 Å². The van der Waals surface area contributed by atoms with E-state index in [4.69, 9.17) is 9.47 Å². The molecule has 6 heteroatoms. The molecule has 1 unspecified atom stereocenters. The van der Waals surface area contributed by atoms with E-state index in [2.05, 4.69) is 11.5 Å². The molecule has 1 atom stereocenters. The number of piperidine rings is 1. The van der Waals surface area contributed by atoms with Crippen LogP contribution in [0.25, 0.3) is 10.9 Å². The Hall–Kier alpha value is -2.08.